The van der Waals surface area contributed by atoms with Crippen molar-refractivity contribution in [2.75, 3.05) is 0 Å². The molecule has 0 aromatic carbocycles. The molecule has 1 fully saturated rings. The standard InChI is InChI=1S/C16H22N4O3/c1-9(14-18-17-10(2)23-14)22-15(21)12-8-13(11-6-7-11)20(19-12)16(3,4)5/h8-9,11H,6-7H2,1-5H3/t9-/m0/s1. The molecule has 0 saturated heterocycles. The molecule has 1 saturated carbocycles. The number of ether oxygens (including phenoxy) is 1. The summed E-state index contributed by atoms with van der Waals surface area (Å²) in [4.78, 5) is 12.4. The van der Waals surface area contributed by atoms with Crippen LogP contribution in [-0.2, 0) is 10.3 Å². The molecule has 1 aliphatic carbocycles. The predicted octanol–water partition coefficient (Wildman–Crippen LogP) is 3.12. The van der Waals surface area contributed by atoms with E-state index in [-0.39, 0.29) is 11.4 Å². The van der Waals surface area contributed by atoms with Crippen molar-refractivity contribution in [1.82, 2.24) is 20.0 Å². The van der Waals surface area contributed by atoms with Crippen LogP contribution in [0.15, 0.2) is 10.5 Å². The lowest BCUT2D eigenvalue weighted by Gasteiger charge is -2.22. The minimum Gasteiger partial charge on any atom is -0.448 e. The highest BCUT2D eigenvalue weighted by Gasteiger charge is 2.33. The van der Waals surface area contributed by atoms with Crippen LogP contribution in [0.1, 0.15) is 80.5 Å². The van der Waals surface area contributed by atoms with Gasteiger partial charge in [-0.2, -0.15) is 5.10 Å². The number of carbonyl (C=O) groups excluding carboxylic acids is 1. The second-order valence-corrected chi connectivity index (χ2v) is 7.02. The van der Waals surface area contributed by atoms with Gasteiger partial charge in [-0.1, -0.05) is 0 Å². The van der Waals surface area contributed by atoms with Crippen molar-refractivity contribution in [3.05, 3.63) is 29.2 Å². The first-order valence-corrected chi connectivity index (χ1v) is 7.87. The van der Waals surface area contributed by atoms with Crippen LogP contribution in [0.5, 0.6) is 0 Å². The molecule has 2 heterocycles. The third kappa shape index (κ3) is 3.28. The molecule has 1 atom stereocenters. The minimum absolute atomic E-state index is 0.175. The molecule has 7 nitrogen and oxygen atoms in total. The van der Waals surface area contributed by atoms with Gasteiger partial charge in [-0.05, 0) is 46.6 Å². The van der Waals surface area contributed by atoms with Gasteiger partial charge < -0.3 is 9.15 Å². The van der Waals surface area contributed by atoms with Crippen molar-refractivity contribution in [3.63, 3.8) is 0 Å². The molecule has 124 valence electrons. The van der Waals surface area contributed by atoms with E-state index in [1.807, 2.05) is 10.7 Å². The van der Waals surface area contributed by atoms with Crippen LogP contribution in [-0.4, -0.2) is 25.9 Å². The second kappa shape index (κ2) is 5.47. The summed E-state index contributed by atoms with van der Waals surface area (Å²) in [5.41, 5.74) is 1.25. The zero-order valence-electron chi connectivity index (χ0n) is 14.2. The van der Waals surface area contributed by atoms with Gasteiger partial charge in [0.05, 0.1) is 5.54 Å². The summed E-state index contributed by atoms with van der Waals surface area (Å²) in [6, 6.07) is 1.84. The van der Waals surface area contributed by atoms with Crippen LogP contribution < -0.4 is 0 Å². The number of rotatable bonds is 4. The first-order chi connectivity index (χ1) is 10.8. The van der Waals surface area contributed by atoms with Crippen molar-refractivity contribution in [1.29, 1.82) is 0 Å². The maximum absolute atomic E-state index is 12.4. The van der Waals surface area contributed by atoms with E-state index in [2.05, 4.69) is 36.1 Å². The van der Waals surface area contributed by atoms with Crippen LogP contribution in [0.4, 0.5) is 0 Å². The van der Waals surface area contributed by atoms with E-state index in [1.54, 1.807) is 13.8 Å². The average molecular weight is 318 g/mol. The Labute approximate surface area is 135 Å². The van der Waals surface area contributed by atoms with Gasteiger partial charge in [0.1, 0.15) is 0 Å². The minimum atomic E-state index is -0.604. The van der Waals surface area contributed by atoms with Crippen molar-refractivity contribution < 1.29 is 13.9 Å². The molecule has 0 bridgehead atoms. The molecule has 1 aliphatic rings. The fraction of sp³-hybridized carbons (Fsp3) is 0.625. The summed E-state index contributed by atoms with van der Waals surface area (Å²) in [7, 11) is 0. The highest BCUT2D eigenvalue weighted by molar-refractivity contribution is 5.87. The zero-order valence-corrected chi connectivity index (χ0v) is 14.2. The van der Waals surface area contributed by atoms with E-state index in [0.717, 1.165) is 18.5 Å². The van der Waals surface area contributed by atoms with E-state index >= 15 is 0 Å². The van der Waals surface area contributed by atoms with Crippen LogP contribution >= 0.6 is 0 Å². The van der Waals surface area contributed by atoms with Crippen molar-refractivity contribution in [3.8, 4) is 0 Å². The fourth-order valence-corrected chi connectivity index (χ4v) is 2.45. The molecule has 0 amide bonds. The summed E-state index contributed by atoms with van der Waals surface area (Å²) in [6.45, 7) is 9.62. The number of esters is 1. The number of aromatic nitrogens is 4. The van der Waals surface area contributed by atoms with Gasteiger partial charge in [0.15, 0.2) is 11.8 Å². The number of aryl methyl sites for hydroxylation is 1. The number of hydrogen-bond acceptors (Lipinski definition) is 6. The van der Waals surface area contributed by atoms with E-state index in [9.17, 15) is 4.79 Å². The molecule has 2 aromatic heterocycles. The van der Waals surface area contributed by atoms with Gasteiger partial charge in [0, 0.05) is 18.5 Å². The molecule has 7 heteroatoms. The Morgan fingerprint density at radius 3 is 2.61 bits per heavy atom. The monoisotopic (exact) mass is 318 g/mol. The molecule has 0 radical (unpaired) electrons. The highest BCUT2D eigenvalue weighted by atomic mass is 16.6. The second-order valence-electron chi connectivity index (χ2n) is 7.02. The van der Waals surface area contributed by atoms with Gasteiger partial charge in [-0.15, -0.1) is 10.2 Å². The molecule has 3 rings (SSSR count). The molecule has 0 aliphatic heterocycles. The number of hydrogen-bond donors (Lipinski definition) is 0. The Morgan fingerprint density at radius 2 is 2.09 bits per heavy atom. The van der Waals surface area contributed by atoms with Crippen molar-refractivity contribution in [2.24, 2.45) is 0 Å². The van der Waals surface area contributed by atoms with Crippen LogP contribution in [0, 0.1) is 6.92 Å². The SMILES string of the molecule is Cc1nnc([C@H](C)OC(=O)c2cc(C3CC3)n(C(C)(C)C)n2)o1. The lowest BCUT2D eigenvalue weighted by Crippen LogP contribution is -2.25. The quantitative estimate of drug-likeness (QED) is 0.805. The highest BCUT2D eigenvalue weighted by Crippen LogP contribution is 2.41. The normalized spacial score (nSPS) is 16.4. The first kappa shape index (κ1) is 15.7. The Morgan fingerprint density at radius 1 is 1.39 bits per heavy atom. The number of nitrogens with zero attached hydrogens (tertiary/aromatic N) is 4. The maximum Gasteiger partial charge on any atom is 0.359 e. The Kier molecular flexibility index (Phi) is 3.74. The van der Waals surface area contributed by atoms with E-state index in [1.165, 1.54) is 0 Å². The average Bonchev–Trinajstić information content (AvgIpc) is 3.03. The van der Waals surface area contributed by atoms with Crippen LogP contribution in [0.2, 0.25) is 0 Å². The molecular weight excluding hydrogens is 296 g/mol. The Hall–Kier alpha value is -2.18. The molecule has 0 spiro atoms. The first-order valence-electron chi connectivity index (χ1n) is 7.87. The summed E-state index contributed by atoms with van der Waals surface area (Å²) in [5, 5.41) is 12.1. The fourth-order valence-electron chi connectivity index (χ4n) is 2.45. The van der Waals surface area contributed by atoms with E-state index in [4.69, 9.17) is 9.15 Å². The van der Waals surface area contributed by atoms with E-state index in [0.29, 0.717) is 17.5 Å². The Balaban J connectivity index is 1.79. The van der Waals surface area contributed by atoms with Crippen molar-refractivity contribution in [2.45, 2.75) is 65.0 Å². The largest absolute Gasteiger partial charge is 0.448 e. The lowest BCUT2D eigenvalue weighted by molar-refractivity contribution is 0.0268. The summed E-state index contributed by atoms with van der Waals surface area (Å²) < 4.78 is 12.6. The Bertz CT molecular complexity index is 722. The lowest BCUT2D eigenvalue weighted by atomic mass is 10.1. The van der Waals surface area contributed by atoms with E-state index < -0.39 is 12.1 Å². The van der Waals surface area contributed by atoms with Crippen molar-refractivity contribution >= 4 is 5.97 Å². The van der Waals surface area contributed by atoms with Gasteiger partial charge in [-0.25, -0.2) is 4.79 Å². The van der Waals surface area contributed by atoms with Gasteiger partial charge in [0.25, 0.3) is 5.89 Å². The van der Waals surface area contributed by atoms with Gasteiger partial charge in [0.2, 0.25) is 5.89 Å². The van der Waals surface area contributed by atoms with Gasteiger partial charge >= 0.3 is 5.97 Å². The maximum atomic E-state index is 12.4. The number of carbonyl (C=O) groups is 1. The summed E-state index contributed by atoms with van der Waals surface area (Å²) in [6.07, 6.45) is 1.69. The molecule has 0 unspecified atom stereocenters. The predicted molar refractivity (Wildman–Crippen MR) is 82.1 cm³/mol. The molecular formula is C16H22N4O3. The van der Waals surface area contributed by atoms with Crippen LogP contribution in [0.3, 0.4) is 0 Å². The smallest absolute Gasteiger partial charge is 0.359 e. The topological polar surface area (TPSA) is 83.0 Å². The zero-order chi connectivity index (χ0) is 16.8. The third-order valence-corrected chi connectivity index (χ3v) is 3.75. The molecule has 23 heavy (non-hydrogen) atoms. The van der Waals surface area contributed by atoms with Gasteiger partial charge in [-0.3, -0.25) is 4.68 Å². The summed E-state index contributed by atoms with van der Waals surface area (Å²) in [5.74, 6) is 0.752. The van der Waals surface area contributed by atoms with Crippen LogP contribution in [0.25, 0.3) is 0 Å². The molecule has 2 aromatic rings. The third-order valence-electron chi connectivity index (χ3n) is 3.75. The summed E-state index contributed by atoms with van der Waals surface area (Å²) >= 11 is 0. The molecule has 0 N–H and O–H groups in total.